The van der Waals surface area contributed by atoms with Crippen LogP contribution >= 0.6 is 0 Å². The van der Waals surface area contributed by atoms with E-state index in [1.165, 1.54) is 23.8 Å². The van der Waals surface area contributed by atoms with Crippen LogP contribution in [-0.2, 0) is 13.1 Å². The zero-order valence-electron chi connectivity index (χ0n) is 11.8. The van der Waals surface area contributed by atoms with E-state index in [4.69, 9.17) is 4.42 Å². The third kappa shape index (κ3) is 2.53. The lowest BCUT2D eigenvalue weighted by Crippen LogP contribution is -2.25. The summed E-state index contributed by atoms with van der Waals surface area (Å²) in [5.41, 5.74) is 2.37. The molecule has 1 fully saturated rings. The molecule has 0 aliphatic heterocycles. The topological polar surface area (TPSA) is 28.4 Å². The highest BCUT2D eigenvalue weighted by Gasteiger charge is 2.29. The first-order valence-corrected chi connectivity index (χ1v) is 7.21. The van der Waals surface area contributed by atoms with E-state index >= 15 is 0 Å². The monoisotopic (exact) mass is 258 g/mol. The number of hydrogen-bond donors (Lipinski definition) is 1. The van der Waals surface area contributed by atoms with Gasteiger partial charge in [-0.25, -0.2) is 0 Å². The van der Waals surface area contributed by atoms with Gasteiger partial charge in [0.05, 0.1) is 6.54 Å². The molecule has 19 heavy (non-hydrogen) atoms. The molecule has 3 rings (SSSR count). The SMILES string of the molecule is CCN(Cc1c(CNC)oc2ccccc12)C1CC1. The average Bonchev–Trinajstić information content (AvgIpc) is 3.21. The van der Waals surface area contributed by atoms with Crippen LogP contribution in [0.15, 0.2) is 28.7 Å². The van der Waals surface area contributed by atoms with Gasteiger partial charge in [-0.1, -0.05) is 25.1 Å². The van der Waals surface area contributed by atoms with E-state index < -0.39 is 0 Å². The molecule has 3 heteroatoms. The summed E-state index contributed by atoms with van der Waals surface area (Å²) < 4.78 is 6.00. The van der Waals surface area contributed by atoms with Crippen LogP contribution in [0.4, 0.5) is 0 Å². The summed E-state index contributed by atoms with van der Waals surface area (Å²) in [6, 6.07) is 9.16. The van der Waals surface area contributed by atoms with Crippen molar-refractivity contribution in [3.8, 4) is 0 Å². The van der Waals surface area contributed by atoms with E-state index in [0.717, 1.165) is 37.0 Å². The van der Waals surface area contributed by atoms with E-state index in [2.05, 4.69) is 35.3 Å². The van der Waals surface area contributed by atoms with Gasteiger partial charge in [0.15, 0.2) is 0 Å². The van der Waals surface area contributed by atoms with E-state index in [0.29, 0.717) is 0 Å². The first-order chi connectivity index (χ1) is 9.33. The normalized spacial score (nSPS) is 15.5. The molecule has 1 aromatic carbocycles. The Morgan fingerprint density at radius 3 is 2.79 bits per heavy atom. The van der Waals surface area contributed by atoms with Gasteiger partial charge in [-0.2, -0.15) is 0 Å². The Bertz CT molecular complexity index is 557. The van der Waals surface area contributed by atoms with Crippen molar-refractivity contribution < 1.29 is 4.42 Å². The number of benzene rings is 1. The van der Waals surface area contributed by atoms with Crippen LogP contribution < -0.4 is 5.32 Å². The van der Waals surface area contributed by atoms with E-state index in [-0.39, 0.29) is 0 Å². The van der Waals surface area contributed by atoms with Crippen molar-refractivity contribution in [2.45, 2.75) is 38.9 Å². The predicted octanol–water partition coefficient (Wildman–Crippen LogP) is 3.14. The largest absolute Gasteiger partial charge is 0.459 e. The molecule has 0 bridgehead atoms. The van der Waals surface area contributed by atoms with Crippen molar-refractivity contribution in [1.29, 1.82) is 0 Å². The molecular formula is C16H22N2O. The Morgan fingerprint density at radius 2 is 2.11 bits per heavy atom. The Labute approximate surface area is 114 Å². The molecule has 2 aromatic rings. The average molecular weight is 258 g/mol. The van der Waals surface area contributed by atoms with Crippen molar-refractivity contribution in [1.82, 2.24) is 10.2 Å². The van der Waals surface area contributed by atoms with Crippen LogP contribution in [0.25, 0.3) is 11.0 Å². The first-order valence-electron chi connectivity index (χ1n) is 7.21. The molecule has 3 nitrogen and oxygen atoms in total. The Kier molecular flexibility index (Phi) is 3.58. The van der Waals surface area contributed by atoms with Gasteiger partial charge in [0, 0.05) is 23.5 Å². The molecule has 102 valence electrons. The van der Waals surface area contributed by atoms with Gasteiger partial charge in [-0.05, 0) is 32.5 Å². The zero-order chi connectivity index (χ0) is 13.2. The molecule has 1 aliphatic rings. The molecule has 1 saturated carbocycles. The number of rotatable bonds is 6. The molecule has 1 heterocycles. The quantitative estimate of drug-likeness (QED) is 0.863. The Morgan fingerprint density at radius 1 is 1.32 bits per heavy atom. The molecule has 0 radical (unpaired) electrons. The smallest absolute Gasteiger partial charge is 0.134 e. The summed E-state index contributed by atoms with van der Waals surface area (Å²) in [4.78, 5) is 2.57. The van der Waals surface area contributed by atoms with Crippen molar-refractivity contribution in [2.75, 3.05) is 13.6 Å². The Hall–Kier alpha value is -1.32. The summed E-state index contributed by atoms with van der Waals surface area (Å²) in [7, 11) is 1.97. The van der Waals surface area contributed by atoms with Gasteiger partial charge < -0.3 is 9.73 Å². The molecule has 0 saturated heterocycles. The van der Waals surface area contributed by atoms with Gasteiger partial charge in [-0.15, -0.1) is 0 Å². The molecule has 1 aromatic heterocycles. The number of para-hydroxylation sites is 1. The molecule has 0 spiro atoms. The second-order valence-electron chi connectivity index (χ2n) is 5.32. The second-order valence-corrected chi connectivity index (χ2v) is 5.32. The summed E-state index contributed by atoms with van der Waals surface area (Å²) in [6.07, 6.45) is 2.70. The van der Waals surface area contributed by atoms with E-state index in [1.807, 2.05) is 13.1 Å². The maximum Gasteiger partial charge on any atom is 0.134 e. The summed E-state index contributed by atoms with van der Waals surface area (Å²) in [5, 5.41) is 4.48. The summed E-state index contributed by atoms with van der Waals surface area (Å²) in [5.74, 6) is 1.09. The van der Waals surface area contributed by atoms with Crippen LogP contribution in [0.5, 0.6) is 0 Å². The fraction of sp³-hybridized carbons (Fsp3) is 0.500. The number of hydrogen-bond acceptors (Lipinski definition) is 3. The van der Waals surface area contributed by atoms with E-state index in [1.54, 1.807) is 0 Å². The van der Waals surface area contributed by atoms with Crippen LogP contribution in [0.1, 0.15) is 31.1 Å². The lowest BCUT2D eigenvalue weighted by Gasteiger charge is -2.19. The highest BCUT2D eigenvalue weighted by Crippen LogP contribution is 2.32. The number of nitrogens with zero attached hydrogens (tertiary/aromatic N) is 1. The van der Waals surface area contributed by atoms with Crippen molar-refractivity contribution in [3.05, 3.63) is 35.6 Å². The maximum absolute atomic E-state index is 6.00. The van der Waals surface area contributed by atoms with E-state index in [9.17, 15) is 0 Å². The van der Waals surface area contributed by atoms with Gasteiger partial charge in [0.1, 0.15) is 11.3 Å². The molecular weight excluding hydrogens is 236 g/mol. The molecule has 0 atom stereocenters. The van der Waals surface area contributed by atoms with Gasteiger partial charge in [0.25, 0.3) is 0 Å². The molecule has 1 aliphatic carbocycles. The summed E-state index contributed by atoms with van der Waals surface area (Å²) >= 11 is 0. The van der Waals surface area contributed by atoms with Crippen molar-refractivity contribution >= 4 is 11.0 Å². The maximum atomic E-state index is 6.00. The zero-order valence-corrected chi connectivity index (χ0v) is 11.8. The van der Waals surface area contributed by atoms with Crippen LogP contribution in [-0.4, -0.2) is 24.5 Å². The molecule has 0 unspecified atom stereocenters. The minimum atomic E-state index is 0.793. The predicted molar refractivity (Wildman–Crippen MR) is 78.1 cm³/mol. The third-order valence-corrected chi connectivity index (χ3v) is 3.95. The number of nitrogens with one attached hydrogen (secondary N) is 1. The second kappa shape index (κ2) is 5.35. The standard InChI is InChI=1S/C16H22N2O/c1-3-18(12-8-9-12)11-14-13-6-4-5-7-15(13)19-16(14)10-17-2/h4-7,12,17H,3,8-11H2,1-2H3. The minimum absolute atomic E-state index is 0.793. The Balaban J connectivity index is 1.96. The molecule has 1 N–H and O–H groups in total. The highest BCUT2D eigenvalue weighted by atomic mass is 16.3. The van der Waals surface area contributed by atoms with Gasteiger partial charge in [0.2, 0.25) is 0 Å². The van der Waals surface area contributed by atoms with Crippen LogP contribution in [0, 0.1) is 0 Å². The van der Waals surface area contributed by atoms with Crippen molar-refractivity contribution in [3.63, 3.8) is 0 Å². The van der Waals surface area contributed by atoms with Crippen molar-refractivity contribution in [2.24, 2.45) is 0 Å². The van der Waals surface area contributed by atoms with Crippen LogP contribution in [0.3, 0.4) is 0 Å². The highest BCUT2D eigenvalue weighted by molar-refractivity contribution is 5.82. The summed E-state index contributed by atoms with van der Waals surface area (Å²) in [6.45, 7) is 5.17. The minimum Gasteiger partial charge on any atom is -0.459 e. The van der Waals surface area contributed by atoms with Crippen LogP contribution in [0.2, 0.25) is 0 Å². The lowest BCUT2D eigenvalue weighted by atomic mass is 10.1. The van der Waals surface area contributed by atoms with Gasteiger partial charge in [-0.3, -0.25) is 4.90 Å². The third-order valence-electron chi connectivity index (χ3n) is 3.95. The fourth-order valence-electron chi connectivity index (χ4n) is 2.77. The first kappa shape index (κ1) is 12.7. The lowest BCUT2D eigenvalue weighted by molar-refractivity contribution is 0.267. The fourth-order valence-corrected chi connectivity index (χ4v) is 2.77. The molecule has 0 amide bonds. The number of furan rings is 1. The van der Waals surface area contributed by atoms with Gasteiger partial charge >= 0.3 is 0 Å². The number of fused-ring (bicyclic) bond motifs is 1.